The van der Waals surface area contributed by atoms with E-state index in [1.807, 2.05) is 14.0 Å². The van der Waals surface area contributed by atoms with Gasteiger partial charge in [0.15, 0.2) is 0 Å². The van der Waals surface area contributed by atoms with Crippen molar-refractivity contribution < 1.29 is 8.42 Å². The summed E-state index contributed by atoms with van der Waals surface area (Å²) in [4.78, 5) is 3.50. The lowest BCUT2D eigenvalue weighted by atomic mass is 10.3. The molecule has 2 aliphatic rings. The van der Waals surface area contributed by atoms with E-state index in [2.05, 4.69) is 14.9 Å². The number of nitrogens with zero attached hydrogens (tertiary/aromatic N) is 1. The number of hydrogen-bond acceptors (Lipinski definition) is 5. The van der Waals surface area contributed by atoms with E-state index in [1.54, 1.807) is 6.07 Å². The zero-order valence-electron chi connectivity index (χ0n) is 12.6. The summed E-state index contributed by atoms with van der Waals surface area (Å²) in [5.41, 5.74) is 1.04. The normalized spacial score (nSPS) is 23.8. The topological polar surface area (TPSA) is 61.4 Å². The van der Waals surface area contributed by atoms with E-state index in [-0.39, 0.29) is 6.04 Å². The maximum atomic E-state index is 12.5. The Morgan fingerprint density at radius 3 is 2.81 bits per heavy atom. The van der Waals surface area contributed by atoms with Gasteiger partial charge in [0.25, 0.3) is 0 Å². The van der Waals surface area contributed by atoms with Gasteiger partial charge in [-0.15, -0.1) is 11.3 Å². The molecular formula is C14H23N3O2S2. The number of aryl methyl sites for hydroxylation is 1. The highest BCUT2D eigenvalue weighted by Crippen LogP contribution is 2.31. The monoisotopic (exact) mass is 329 g/mol. The molecule has 1 atom stereocenters. The summed E-state index contributed by atoms with van der Waals surface area (Å²) in [5, 5.41) is 3.08. The van der Waals surface area contributed by atoms with Crippen molar-refractivity contribution in [1.82, 2.24) is 14.9 Å². The van der Waals surface area contributed by atoms with Crippen LogP contribution in [0.2, 0.25) is 0 Å². The second-order valence-corrected chi connectivity index (χ2v) is 9.11. The Bertz CT molecular complexity index is 608. The van der Waals surface area contributed by atoms with Crippen LogP contribution in [0.5, 0.6) is 0 Å². The molecule has 2 N–H and O–H groups in total. The summed E-state index contributed by atoms with van der Waals surface area (Å²) in [7, 11) is -1.51. The maximum absolute atomic E-state index is 12.5. The third-order valence-corrected chi connectivity index (χ3v) is 7.44. The minimum Gasteiger partial charge on any atom is -0.315 e. The molecule has 5 nitrogen and oxygen atoms in total. The van der Waals surface area contributed by atoms with Crippen LogP contribution in [0.1, 0.15) is 29.7 Å². The van der Waals surface area contributed by atoms with Crippen molar-refractivity contribution in [2.75, 3.05) is 20.1 Å². The van der Waals surface area contributed by atoms with Gasteiger partial charge in [-0.05, 0) is 44.9 Å². The average Bonchev–Trinajstić information content (AvgIpc) is 3.07. The molecule has 2 heterocycles. The van der Waals surface area contributed by atoms with Gasteiger partial charge in [0.1, 0.15) is 4.21 Å². The first kappa shape index (κ1) is 15.4. The van der Waals surface area contributed by atoms with Gasteiger partial charge < -0.3 is 5.32 Å². The van der Waals surface area contributed by atoms with Crippen LogP contribution in [-0.4, -0.2) is 45.5 Å². The number of nitrogens with one attached hydrogen (secondary N) is 2. The van der Waals surface area contributed by atoms with Crippen LogP contribution in [0.3, 0.4) is 0 Å². The van der Waals surface area contributed by atoms with E-state index in [4.69, 9.17) is 0 Å². The fourth-order valence-corrected chi connectivity index (χ4v) is 5.77. The van der Waals surface area contributed by atoms with E-state index < -0.39 is 10.0 Å². The van der Waals surface area contributed by atoms with Crippen molar-refractivity contribution in [2.24, 2.45) is 0 Å². The molecule has 1 aliphatic heterocycles. The zero-order chi connectivity index (χ0) is 15.0. The van der Waals surface area contributed by atoms with Crippen molar-refractivity contribution in [1.29, 1.82) is 0 Å². The third kappa shape index (κ3) is 3.48. The first-order valence-electron chi connectivity index (χ1n) is 7.50. The van der Waals surface area contributed by atoms with Crippen LogP contribution in [0.25, 0.3) is 0 Å². The summed E-state index contributed by atoms with van der Waals surface area (Å²) >= 11 is 1.37. The minimum atomic E-state index is -3.38. The van der Waals surface area contributed by atoms with Gasteiger partial charge >= 0.3 is 0 Å². The fourth-order valence-electron chi connectivity index (χ4n) is 2.89. The summed E-state index contributed by atoms with van der Waals surface area (Å²) in [6.07, 6.45) is 3.47. The van der Waals surface area contributed by atoms with E-state index in [0.29, 0.717) is 16.8 Å². The maximum Gasteiger partial charge on any atom is 0.250 e. The molecule has 0 amide bonds. The third-order valence-electron chi connectivity index (χ3n) is 4.20. The zero-order valence-corrected chi connectivity index (χ0v) is 14.2. The summed E-state index contributed by atoms with van der Waals surface area (Å²) in [5.74, 6) is 0. The van der Waals surface area contributed by atoms with Crippen LogP contribution in [0, 0.1) is 6.92 Å². The summed E-state index contributed by atoms with van der Waals surface area (Å²) < 4.78 is 28.3. The standard InChI is InChI=1S/C14H23N3O2S2/c1-10-7-14(20-13(10)8-15-2)21(18,19)16-11-5-6-17(9-11)12-3-4-12/h7,11-12,15-16H,3-6,8-9H2,1-2H3. The number of hydrogen-bond donors (Lipinski definition) is 2. The Hall–Kier alpha value is -0.470. The lowest BCUT2D eigenvalue weighted by Crippen LogP contribution is -2.37. The Morgan fingerprint density at radius 2 is 2.14 bits per heavy atom. The van der Waals surface area contributed by atoms with Crippen LogP contribution >= 0.6 is 11.3 Å². The Labute approximate surface area is 130 Å². The second-order valence-electron chi connectivity index (χ2n) is 6.03. The minimum absolute atomic E-state index is 0.0609. The number of rotatable bonds is 6. The molecule has 118 valence electrons. The molecule has 3 rings (SSSR count). The highest BCUT2D eigenvalue weighted by atomic mass is 32.2. The van der Waals surface area contributed by atoms with Gasteiger partial charge in [-0.1, -0.05) is 0 Å². The van der Waals surface area contributed by atoms with Crippen molar-refractivity contribution in [2.45, 2.75) is 49.0 Å². The Balaban J connectivity index is 1.67. The second kappa shape index (κ2) is 5.96. The van der Waals surface area contributed by atoms with Crippen LogP contribution in [-0.2, 0) is 16.6 Å². The van der Waals surface area contributed by atoms with Crippen molar-refractivity contribution in [3.05, 3.63) is 16.5 Å². The van der Waals surface area contributed by atoms with E-state index in [9.17, 15) is 8.42 Å². The van der Waals surface area contributed by atoms with Crippen LogP contribution in [0.15, 0.2) is 10.3 Å². The largest absolute Gasteiger partial charge is 0.315 e. The predicted molar refractivity (Wildman–Crippen MR) is 85.1 cm³/mol. The number of thiophene rings is 1. The lowest BCUT2D eigenvalue weighted by Gasteiger charge is -2.15. The van der Waals surface area contributed by atoms with E-state index >= 15 is 0 Å². The fraction of sp³-hybridized carbons (Fsp3) is 0.714. The molecule has 2 fully saturated rings. The van der Waals surface area contributed by atoms with E-state index in [1.165, 1.54) is 24.2 Å². The summed E-state index contributed by atoms with van der Waals surface area (Å²) in [6, 6.07) is 2.56. The molecule has 0 radical (unpaired) electrons. The Morgan fingerprint density at radius 1 is 1.38 bits per heavy atom. The molecule has 0 bridgehead atoms. The molecule has 1 unspecified atom stereocenters. The van der Waals surface area contributed by atoms with Gasteiger partial charge in [-0.25, -0.2) is 13.1 Å². The molecular weight excluding hydrogens is 306 g/mol. The molecule has 0 aromatic carbocycles. The first-order chi connectivity index (χ1) is 9.99. The molecule has 1 aromatic rings. The molecule has 1 aromatic heterocycles. The highest BCUT2D eigenvalue weighted by molar-refractivity contribution is 7.91. The molecule has 0 spiro atoms. The quantitative estimate of drug-likeness (QED) is 0.826. The predicted octanol–water partition coefficient (Wildman–Crippen LogP) is 1.29. The molecule has 7 heteroatoms. The molecule has 21 heavy (non-hydrogen) atoms. The lowest BCUT2D eigenvalue weighted by molar-refractivity contribution is 0.322. The smallest absolute Gasteiger partial charge is 0.250 e. The van der Waals surface area contributed by atoms with Gasteiger partial charge in [0.2, 0.25) is 10.0 Å². The Kier molecular flexibility index (Phi) is 4.38. The first-order valence-corrected chi connectivity index (χ1v) is 9.80. The average molecular weight is 329 g/mol. The van der Waals surface area contributed by atoms with Gasteiger partial charge in [-0.3, -0.25) is 4.90 Å². The van der Waals surface area contributed by atoms with Crippen molar-refractivity contribution in [3.63, 3.8) is 0 Å². The van der Waals surface area contributed by atoms with Gasteiger partial charge in [0.05, 0.1) is 0 Å². The molecule has 1 saturated heterocycles. The van der Waals surface area contributed by atoms with Crippen molar-refractivity contribution >= 4 is 21.4 Å². The van der Waals surface area contributed by atoms with Gasteiger partial charge in [0, 0.05) is 36.6 Å². The van der Waals surface area contributed by atoms with Crippen LogP contribution in [0.4, 0.5) is 0 Å². The molecule has 1 aliphatic carbocycles. The van der Waals surface area contributed by atoms with Crippen LogP contribution < -0.4 is 10.0 Å². The SMILES string of the molecule is CNCc1sc(S(=O)(=O)NC2CCN(C3CC3)C2)cc1C. The summed E-state index contributed by atoms with van der Waals surface area (Å²) in [6.45, 7) is 4.56. The van der Waals surface area contributed by atoms with E-state index in [0.717, 1.165) is 30.0 Å². The highest BCUT2D eigenvalue weighted by Gasteiger charge is 2.36. The number of sulfonamides is 1. The number of likely N-dealkylation sites (tertiary alicyclic amines) is 1. The van der Waals surface area contributed by atoms with Gasteiger partial charge in [-0.2, -0.15) is 0 Å². The van der Waals surface area contributed by atoms with Crippen molar-refractivity contribution in [3.8, 4) is 0 Å². The molecule has 1 saturated carbocycles.